The molecule has 0 saturated carbocycles. The lowest BCUT2D eigenvalue weighted by Gasteiger charge is -2.14. The van der Waals surface area contributed by atoms with Gasteiger partial charge in [-0.25, -0.2) is 0 Å². The Kier molecular flexibility index (Phi) is 4.08. The number of alkyl halides is 1. The Morgan fingerprint density at radius 1 is 1.24 bits per heavy atom. The van der Waals surface area contributed by atoms with Gasteiger partial charge in [0.1, 0.15) is 0 Å². The minimum atomic E-state index is 0.698. The summed E-state index contributed by atoms with van der Waals surface area (Å²) < 4.78 is 0. The van der Waals surface area contributed by atoms with Gasteiger partial charge >= 0.3 is 0 Å². The summed E-state index contributed by atoms with van der Waals surface area (Å²) in [5, 5.41) is 1.35. The number of nitrogens with one attached hydrogen (secondary N) is 1. The molecule has 2 aromatic rings. The number of benzene rings is 1. The van der Waals surface area contributed by atoms with Crippen molar-refractivity contribution in [1.29, 1.82) is 0 Å². The van der Waals surface area contributed by atoms with Crippen LogP contribution in [0.25, 0.3) is 10.9 Å². The van der Waals surface area contributed by atoms with E-state index in [2.05, 4.69) is 48.1 Å². The maximum absolute atomic E-state index is 5.74. The molecule has 0 aliphatic carbocycles. The van der Waals surface area contributed by atoms with Gasteiger partial charge in [0.25, 0.3) is 0 Å². The van der Waals surface area contributed by atoms with Crippen LogP contribution in [0.15, 0.2) is 24.3 Å². The molecule has 1 heterocycles. The van der Waals surface area contributed by atoms with Gasteiger partial charge in [0.2, 0.25) is 0 Å². The van der Waals surface area contributed by atoms with Crippen LogP contribution in [0.1, 0.15) is 11.3 Å². The lowest BCUT2D eigenvalue weighted by molar-refractivity contribution is 0.360. The number of hydrogen-bond donors (Lipinski definition) is 1. The zero-order valence-corrected chi connectivity index (χ0v) is 11.2. The molecule has 3 heteroatoms. The fraction of sp³-hybridized carbons (Fsp3) is 0.429. The number of para-hydroxylation sites is 1. The molecule has 0 radical (unpaired) electrons. The summed E-state index contributed by atoms with van der Waals surface area (Å²) >= 11 is 5.74. The van der Waals surface area contributed by atoms with Crippen LogP contribution in [0.4, 0.5) is 0 Å². The average Bonchev–Trinajstić information content (AvgIpc) is 2.62. The van der Waals surface area contributed by atoms with E-state index < -0.39 is 0 Å². The summed E-state index contributed by atoms with van der Waals surface area (Å²) in [5.41, 5.74) is 3.95. The minimum Gasteiger partial charge on any atom is -0.358 e. The Labute approximate surface area is 108 Å². The van der Waals surface area contributed by atoms with E-state index in [9.17, 15) is 0 Å². The van der Waals surface area contributed by atoms with Gasteiger partial charge < -0.3 is 9.88 Å². The Morgan fingerprint density at radius 3 is 2.76 bits per heavy atom. The van der Waals surface area contributed by atoms with Crippen molar-refractivity contribution in [3.05, 3.63) is 35.5 Å². The van der Waals surface area contributed by atoms with E-state index in [1.807, 2.05) is 0 Å². The number of nitrogens with zero attached hydrogens (tertiary/aromatic N) is 1. The molecule has 0 spiro atoms. The van der Waals surface area contributed by atoms with Crippen LogP contribution in [-0.4, -0.2) is 35.9 Å². The van der Waals surface area contributed by atoms with Crippen molar-refractivity contribution in [1.82, 2.24) is 9.88 Å². The highest BCUT2D eigenvalue weighted by Crippen LogP contribution is 2.22. The first kappa shape index (κ1) is 12.5. The lowest BCUT2D eigenvalue weighted by Crippen LogP contribution is -2.23. The van der Waals surface area contributed by atoms with Crippen molar-refractivity contribution in [2.75, 3.05) is 26.0 Å². The number of rotatable bonds is 5. The van der Waals surface area contributed by atoms with E-state index in [0.717, 1.165) is 19.5 Å². The summed E-state index contributed by atoms with van der Waals surface area (Å²) in [5.74, 6) is 0.698. The second-order valence-electron chi connectivity index (χ2n) is 4.52. The molecular formula is C14H19ClN2. The van der Waals surface area contributed by atoms with Gasteiger partial charge in [-0.2, -0.15) is 0 Å². The number of fused-ring (bicyclic) bond motifs is 1. The van der Waals surface area contributed by atoms with Crippen LogP contribution in [0.5, 0.6) is 0 Å². The van der Waals surface area contributed by atoms with Gasteiger partial charge in [-0.1, -0.05) is 18.2 Å². The molecule has 0 amide bonds. The largest absolute Gasteiger partial charge is 0.358 e. The van der Waals surface area contributed by atoms with Crippen molar-refractivity contribution in [3.8, 4) is 0 Å². The molecule has 1 aromatic heterocycles. The minimum absolute atomic E-state index is 0.698. The summed E-state index contributed by atoms with van der Waals surface area (Å²) in [6.45, 7) is 4.15. The van der Waals surface area contributed by atoms with Crippen molar-refractivity contribution >= 4 is 22.5 Å². The van der Waals surface area contributed by atoms with Gasteiger partial charge in [0.05, 0.1) is 0 Å². The predicted molar refractivity (Wildman–Crippen MR) is 75.0 cm³/mol. The highest BCUT2D eigenvalue weighted by molar-refractivity contribution is 6.18. The summed E-state index contributed by atoms with van der Waals surface area (Å²) in [4.78, 5) is 5.71. The highest BCUT2D eigenvalue weighted by Gasteiger charge is 2.08. The first-order valence-electron chi connectivity index (χ1n) is 6.03. The smallest absolute Gasteiger partial charge is 0.0458 e. The first-order chi connectivity index (χ1) is 8.22. The number of aromatic nitrogens is 1. The van der Waals surface area contributed by atoms with Crippen molar-refractivity contribution < 1.29 is 0 Å². The average molecular weight is 251 g/mol. The number of halogens is 1. The monoisotopic (exact) mass is 250 g/mol. The lowest BCUT2D eigenvalue weighted by atomic mass is 10.1. The summed E-state index contributed by atoms with van der Waals surface area (Å²) in [7, 11) is 2.12. The Balaban J connectivity index is 2.15. The molecule has 0 unspecified atom stereocenters. The molecule has 0 aliphatic heterocycles. The van der Waals surface area contributed by atoms with Crippen LogP contribution >= 0.6 is 11.6 Å². The van der Waals surface area contributed by atoms with Crippen LogP contribution in [0, 0.1) is 6.92 Å². The maximum atomic E-state index is 5.74. The zero-order chi connectivity index (χ0) is 12.3. The fourth-order valence-corrected chi connectivity index (χ4v) is 2.50. The van der Waals surface area contributed by atoms with Gasteiger partial charge in [-0.3, -0.25) is 0 Å². The van der Waals surface area contributed by atoms with Gasteiger partial charge in [-0.15, -0.1) is 11.6 Å². The Bertz CT molecular complexity index is 490. The van der Waals surface area contributed by atoms with Gasteiger partial charge in [-0.05, 0) is 32.0 Å². The zero-order valence-electron chi connectivity index (χ0n) is 10.5. The molecule has 2 rings (SSSR count). The van der Waals surface area contributed by atoms with Crippen LogP contribution in [0.2, 0.25) is 0 Å². The quantitative estimate of drug-likeness (QED) is 0.808. The van der Waals surface area contributed by atoms with E-state index in [0.29, 0.717) is 5.88 Å². The number of H-pyrrole nitrogens is 1. The second kappa shape index (κ2) is 5.56. The number of aromatic amines is 1. The Hall–Kier alpha value is -0.990. The standard InChI is InChI=1S/C14H19ClN2/c1-11-12(7-9-17(2)10-8-15)13-5-3-4-6-14(13)16-11/h3-6,16H,7-10H2,1-2H3. The van der Waals surface area contributed by atoms with Crippen LogP contribution < -0.4 is 0 Å². The van der Waals surface area contributed by atoms with Crippen LogP contribution in [0.3, 0.4) is 0 Å². The van der Waals surface area contributed by atoms with E-state index in [-0.39, 0.29) is 0 Å². The number of aryl methyl sites for hydroxylation is 1. The van der Waals surface area contributed by atoms with Crippen molar-refractivity contribution in [2.24, 2.45) is 0 Å². The molecule has 0 bridgehead atoms. The number of hydrogen-bond acceptors (Lipinski definition) is 1. The topological polar surface area (TPSA) is 19.0 Å². The number of likely N-dealkylation sites (N-methyl/N-ethyl adjacent to an activating group) is 1. The third-order valence-electron chi connectivity index (χ3n) is 3.24. The van der Waals surface area contributed by atoms with Crippen LogP contribution in [-0.2, 0) is 6.42 Å². The summed E-state index contributed by atoms with van der Waals surface area (Å²) in [6.07, 6.45) is 1.07. The van der Waals surface area contributed by atoms with E-state index in [1.165, 1.54) is 22.2 Å². The SMILES string of the molecule is Cc1[nH]c2ccccc2c1CCN(C)CCCl. The Morgan fingerprint density at radius 2 is 2.00 bits per heavy atom. The highest BCUT2D eigenvalue weighted by atomic mass is 35.5. The van der Waals surface area contributed by atoms with Crippen molar-refractivity contribution in [2.45, 2.75) is 13.3 Å². The predicted octanol–water partition coefficient (Wildman–Crippen LogP) is 3.19. The van der Waals surface area contributed by atoms with E-state index in [1.54, 1.807) is 0 Å². The first-order valence-corrected chi connectivity index (χ1v) is 6.56. The molecule has 0 atom stereocenters. The fourth-order valence-electron chi connectivity index (χ4n) is 2.22. The normalized spacial score (nSPS) is 11.5. The molecule has 17 heavy (non-hydrogen) atoms. The molecule has 0 fully saturated rings. The molecule has 92 valence electrons. The maximum Gasteiger partial charge on any atom is 0.0458 e. The van der Waals surface area contributed by atoms with Crippen molar-refractivity contribution in [3.63, 3.8) is 0 Å². The van der Waals surface area contributed by atoms with E-state index >= 15 is 0 Å². The third kappa shape index (κ3) is 2.82. The molecule has 0 aliphatic rings. The molecule has 1 N–H and O–H groups in total. The van der Waals surface area contributed by atoms with Gasteiger partial charge in [0.15, 0.2) is 0 Å². The van der Waals surface area contributed by atoms with E-state index in [4.69, 9.17) is 11.6 Å². The molecule has 0 saturated heterocycles. The molecule has 2 nitrogen and oxygen atoms in total. The summed E-state index contributed by atoms with van der Waals surface area (Å²) in [6, 6.07) is 8.49. The van der Waals surface area contributed by atoms with Gasteiger partial charge in [0, 0.05) is 35.6 Å². The molecule has 1 aromatic carbocycles. The second-order valence-corrected chi connectivity index (χ2v) is 4.89. The third-order valence-corrected chi connectivity index (χ3v) is 3.41. The molecular weight excluding hydrogens is 232 g/mol.